The maximum absolute atomic E-state index is 6.47. The summed E-state index contributed by atoms with van der Waals surface area (Å²) in [5.41, 5.74) is 16.1. The van der Waals surface area contributed by atoms with Crippen LogP contribution >= 0.6 is 0 Å². The second-order valence-corrected chi connectivity index (χ2v) is 6.52. The van der Waals surface area contributed by atoms with Crippen LogP contribution in [0.25, 0.3) is 0 Å². The Bertz CT molecular complexity index is 722. The number of anilines is 2. The number of hydrogen-bond acceptors (Lipinski definition) is 4. The molecular weight excluding hydrogens is 300 g/mol. The summed E-state index contributed by atoms with van der Waals surface area (Å²) in [5, 5.41) is 0. The summed E-state index contributed by atoms with van der Waals surface area (Å²) in [6.07, 6.45) is 5.76. The van der Waals surface area contributed by atoms with Crippen molar-refractivity contribution in [1.29, 1.82) is 0 Å². The first-order valence-electron chi connectivity index (χ1n) is 8.49. The van der Waals surface area contributed by atoms with Gasteiger partial charge in [-0.3, -0.25) is 0 Å². The van der Waals surface area contributed by atoms with Gasteiger partial charge in [0.2, 0.25) is 0 Å². The Hall–Kier alpha value is -2.36. The smallest absolute Gasteiger partial charge is 0.142 e. The fraction of sp³-hybridized carbons (Fsp3) is 0.400. The van der Waals surface area contributed by atoms with Crippen molar-refractivity contribution < 1.29 is 9.47 Å². The van der Waals surface area contributed by atoms with Gasteiger partial charge in [0.1, 0.15) is 11.5 Å². The lowest BCUT2D eigenvalue weighted by Gasteiger charge is -2.39. The molecule has 0 heterocycles. The lowest BCUT2D eigenvalue weighted by Crippen LogP contribution is -2.31. The van der Waals surface area contributed by atoms with E-state index in [-0.39, 0.29) is 5.41 Å². The number of methoxy groups -OCH3 is 2. The first-order valence-corrected chi connectivity index (χ1v) is 8.49. The van der Waals surface area contributed by atoms with Crippen LogP contribution in [0.5, 0.6) is 11.5 Å². The third-order valence-electron chi connectivity index (χ3n) is 5.29. The third kappa shape index (κ3) is 2.66. The quantitative estimate of drug-likeness (QED) is 0.829. The Morgan fingerprint density at radius 3 is 2.25 bits per heavy atom. The Balaban J connectivity index is 2.19. The molecule has 128 valence electrons. The second-order valence-electron chi connectivity index (χ2n) is 6.52. The van der Waals surface area contributed by atoms with Crippen molar-refractivity contribution in [3.8, 4) is 11.5 Å². The van der Waals surface area contributed by atoms with Crippen LogP contribution in [0.2, 0.25) is 0 Å². The van der Waals surface area contributed by atoms with Crippen molar-refractivity contribution in [1.82, 2.24) is 0 Å². The molecule has 0 aromatic heterocycles. The molecule has 0 bridgehead atoms. The van der Waals surface area contributed by atoms with Gasteiger partial charge in [0, 0.05) is 5.41 Å². The lowest BCUT2D eigenvalue weighted by atomic mass is 9.64. The van der Waals surface area contributed by atoms with Crippen molar-refractivity contribution in [2.45, 2.75) is 37.5 Å². The zero-order valence-corrected chi connectivity index (χ0v) is 14.5. The summed E-state index contributed by atoms with van der Waals surface area (Å²) in [4.78, 5) is 0. The van der Waals surface area contributed by atoms with E-state index >= 15 is 0 Å². The molecule has 0 unspecified atom stereocenters. The largest absolute Gasteiger partial charge is 0.495 e. The number of nitrogen functional groups attached to an aromatic ring is 2. The number of hydrogen-bond donors (Lipinski definition) is 2. The van der Waals surface area contributed by atoms with Crippen LogP contribution in [-0.4, -0.2) is 14.2 Å². The fourth-order valence-corrected chi connectivity index (χ4v) is 4.02. The van der Waals surface area contributed by atoms with Crippen LogP contribution in [0.4, 0.5) is 11.4 Å². The summed E-state index contributed by atoms with van der Waals surface area (Å²) in [5.74, 6) is 1.46. The Morgan fingerprint density at radius 1 is 0.875 bits per heavy atom. The van der Waals surface area contributed by atoms with Crippen molar-refractivity contribution in [3.63, 3.8) is 0 Å². The number of nitrogens with two attached hydrogens (primary N) is 2. The molecule has 1 saturated carbocycles. The van der Waals surface area contributed by atoms with Crippen molar-refractivity contribution in [3.05, 3.63) is 47.5 Å². The molecule has 4 nitrogen and oxygen atoms in total. The van der Waals surface area contributed by atoms with Crippen molar-refractivity contribution >= 4 is 11.4 Å². The second kappa shape index (κ2) is 6.63. The topological polar surface area (TPSA) is 70.5 Å². The van der Waals surface area contributed by atoms with E-state index in [1.165, 1.54) is 24.8 Å². The van der Waals surface area contributed by atoms with Gasteiger partial charge in [0.15, 0.2) is 0 Å². The third-order valence-corrected chi connectivity index (χ3v) is 5.29. The van der Waals surface area contributed by atoms with Crippen LogP contribution < -0.4 is 20.9 Å². The predicted octanol–water partition coefficient (Wildman–Crippen LogP) is 4.12. The highest BCUT2D eigenvalue weighted by molar-refractivity contribution is 5.65. The molecule has 2 aromatic carbocycles. The molecule has 1 fully saturated rings. The SMILES string of the molecule is COc1cc(C2(c3cccc(OC)c3N)CCCCC2)ccc1N. The maximum atomic E-state index is 6.47. The Morgan fingerprint density at radius 2 is 1.58 bits per heavy atom. The minimum atomic E-state index is -0.113. The summed E-state index contributed by atoms with van der Waals surface area (Å²) >= 11 is 0. The monoisotopic (exact) mass is 326 g/mol. The van der Waals surface area contributed by atoms with Gasteiger partial charge in [-0.2, -0.15) is 0 Å². The standard InChI is InChI=1S/C20H26N2O2/c1-23-17-8-6-7-15(19(17)22)20(11-4-3-5-12-20)14-9-10-16(21)18(13-14)24-2/h6-10,13H,3-5,11-12,21-22H2,1-2H3. The number of rotatable bonds is 4. The van der Waals surface area contributed by atoms with E-state index in [0.29, 0.717) is 5.69 Å². The van der Waals surface area contributed by atoms with Crippen LogP contribution in [0.3, 0.4) is 0 Å². The highest BCUT2D eigenvalue weighted by Gasteiger charge is 2.38. The number of benzene rings is 2. The van der Waals surface area contributed by atoms with E-state index in [1.54, 1.807) is 14.2 Å². The van der Waals surface area contributed by atoms with E-state index in [1.807, 2.05) is 18.2 Å². The average molecular weight is 326 g/mol. The van der Waals surface area contributed by atoms with E-state index in [2.05, 4.69) is 18.2 Å². The minimum absolute atomic E-state index is 0.113. The molecule has 0 saturated heterocycles. The van der Waals surface area contributed by atoms with Crippen molar-refractivity contribution in [2.24, 2.45) is 0 Å². The minimum Gasteiger partial charge on any atom is -0.495 e. The van der Waals surface area contributed by atoms with E-state index < -0.39 is 0 Å². The van der Waals surface area contributed by atoms with Gasteiger partial charge >= 0.3 is 0 Å². The molecule has 0 atom stereocenters. The molecule has 0 radical (unpaired) electrons. The van der Waals surface area contributed by atoms with Gasteiger partial charge in [0.05, 0.1) is 25.6 Å². The summed E-state index contributed by atoms with van der Waals surface area (Å²) in [7, 11) is 3.32. The number of ether oxygens (including phenoxy) is 2. The van der Waals surface area contributed by atoms with Crippen molar-refractivity contribution in [2.75, 3.05) is 25.7 Å². The zero-order valence-electron chi connectivity index (χ0n) is 14.5. The first-order chi connectivity index (χ1) is 11.6. The number of para-hydroxylation sites is 1. The van der Waals surface area contributed by atoms with E-state index in [4.69, 9.17) is 20.9 Å². The van der Waals surface area contributed by atoms with Gasteiger partial charge in [-0.15, -0.1) is 0 Å². The molecular formula is C20H26N2O2. The Kier molecular flexibility index (Phi) is 4.56. The highest BCUT2D eigenvalue weighted by Crippen LogP contribution is 2.49. The average Bonchev–Trinajstić information content (AvgIpc) is 2.63. The predicted molar refractivity (Wildman–Crippen MR) is 98.7 cm³/mol. The Labute approximate surface area is 143 Å². The van der Waals surface area contributed by atoms with Crippen LogP contribution in [0.15, 0.2) is 36.4 Å². The van der Waals surface area contributed by atoms with Gasteiger partial charge in [-0.1, -0.05) is 37.5 Å². The molecule has 1 aliphatic carbocycles. The summed E-state index contributed by atoms with van der Waals surface area (Å²) < 4.78 is 10.9. The molecule has 4 N–H and O–H groups in total. The fourth-order valence-electron chi connectivity index (χ4n) is 4.02. The van der Waals surface area contributed by atoms with Gasteiger partial charge in [-0.05, 0) is 42.2 Å². The van der Waals surface area contributed by atoms with Gasteiger partial charge < -0.3 is 20.9 Å². The molecule has 2 aromatic rings. The van der Waals surface area contributed by atoms with Crippen LogP contribution in [0.1, 0.15) is 43.2 Å². The summed E-state index contributed by atoms with van der Waals surface area (Å²) in [6, 6.07) is 12.2. The highest BCUT2D eigenvalue weighted by atomic mass is 16.5. The van der Waals surface area contributed by atoms with Crippen LogP contribution in [0, 0.1) is 0 Å². The van der Waals surface area contributed by atoms with E-state index in [0.717, 1.165) is 35.6 Å². The van der Waals surface area contributed by atoms with Crippen LogP contribution in [-0.2, 0) is 5.41 Å². The summed E-state index contributed by atoms with van der Waals surface area (Å²) in [6.45, 7) is 0. The molecule has 24 heavy (non-hydrogen) atoms. The van der Waals surface area contributed by atoms with Gasteiger partial charge in [0.25, 0.3) is 0 Å². The molecule has 4 heteroatoms. The van der Waals surface area contributed by atoms with Gasteiger partial charge in [-0.25, -0.2) is 0 Å². The zero-order chi connectivity index (χ0) is 17.2. The first kappa shape index (κ1) is 16.5. The molecule has 0 spiro atoms. The molecule has 3 rings (SSSR count). The lowest BCUT2D eigenvalue weighted by molar-refractivity contribution is 0.343. The van der Waals surface area contributed by atoms with E-state index in [9.17, 15) is 0 Å². The molecule has 0 aliphatic heterocycles. The normalized spacial score (nSPS) is 16.6. The molecule has 0 amide bonds. The molecule has 1 aliphatic rings. The maximum Gasteiger partial charge on any atom is 0.142 e.